The molecule has 0 aliphatic carbocycles. The SMILES string of the molecule is NC(=O)c1cc(OCCN(Cc2ccccc2)CC(O)COc2ccccc2OCC(=O)NCCO)ccc1O. The first-order valence-electron chi connectivity index (χ1n) is 12.8. The van der Waals surface area contributed by atoms with E-state index in [0.29, 0.717) is 30.3 Å². The summed E-state index contributed by atoms with van der Waals surface area (Å²) in [7, 11) is 0. The number of amides is 2. The zero-order valence-corrected chi connectivity index (χ0v) is 22.1. The minimum absolute atomic E-state index is 0.0246. The maximum Gasteiger partial charge on any atom is 0.258 e. The van der Waals surface area contributed by atoms with Gasteiger partial charge in [0.05, 0.1) is 12.2 Å². The summed E-state index contributed by atoms with van der Waals surface area (Å²) < 4.78 is 17.1. The van der Waals surface area contributed by atoms with Gasteiger partial charge in [0.1, 0.15) is 30.8 Å². The highest BCUT2D eigenvalue weighted by Crippen LogP contribution is 2.26. The van der Waals surface area contributed by atoms with E-state index in [-0.39, 0.29) is 56.7 Å². The Bertz CT molecular complexity index is 1220. The molecule has 0 spiro atoms. The maximum absolute atomic E-state index is 11.8. The zero-order chi connectivity index (χ0) is 28.7. The first-order chi connectivity index (χ1) is 19.4. The van der Waals surface area contributed by atoms with Crippen molar-refractivity contribution in [2.24, 2.45) is 5.73 Å². The first-order valence-corrected chi connectivity index (χ1v) is 12.8. The van der Waals surface area contributed by atoms with Crippen LogP contribution >= 0.6 is 0 Å². The Morgan fingerprint density at radius 3 is 2.35 bits per heavy atom. The van der Waals surface area contributed by atoms with Gasteiger partial charge in [0.25, 0.3) is 11.8 Å². The highest BCUT2D eigenvalue weighted by molar-refractivity contribution is 5.95. The summed E-state index contributed by atoms with van der Waals surface area (Å²) in [4.78, 5) is 25.3. The third kappa shape index (κ3) is 10.1. The van der Waals surface area contributed by atoms with Crippen LogP contribution < -0.4 is 25.3 Å². The van der Waals surface area contributed by atoms with Gasteiger partial charge in [-0.2, -0.15) is 0 Å². The number of ether oxygens (including phenoxy) is 3. The van der Waals surface area contributed by atoms with Crippen LogP contribution in [-0.2, 0) is 11.3 Å². The number of carbonyl (C=O) groups excluding carboxylic acids is 2. The lowest BCUT2D eigenvalue weighted by Gasteiger charge is -2.25. The van der Waals surface area contributed by atoms with Crippen LogP contribution in [0.1, 0.15) is 15.9 Å². The van der Waals surface area contributed by atoms with Crippen molar-refractivity contribution in [2.75, 3.05) is 46.1 Å². The minimum Gasteiger partial charge on any atom is -0.507 e. The first kappa shape index (κ1) is 30.2. The number of aromatic hydroxyl groups is 1. The van der Waals surface area contributed by atoms with E-state index >= 15 is 0 Å². The number of para-hydroxylation sites is 2. The van der Waals surface area contributed by atoms with Crippen molar-refractivity contribution >= 4 is 11.8 Å². The van der Waals surface area contributed by atoms with E-state index in [0.717, 1.165) is 5.56 Å². The molecule has 0 aromatic heterocycles. The largest absolute Gasteiger partial charge is 0.507 e. The molecule has 0 radical (unpaired) electrons. The molecule has 40 heavy (non-hydrogen) atoms. The summed E-state index contributed by atoms with van der Waals surface area (Å²) >= 11 is 0. The number of aliphatic hydroxyl groups excluding tert-OH is 2. The van der Waals surface area contributed by atoms with Crippen LogP contribution in [0.2, 0.25) is 0 Å². The fourth-order valence-electron chi connectivity index (χ4n) is 3.79. The van der Waals surface area contributed by atoms with Crippen LogP contribution in [0, 0.1) is 0 Å². The molecule has 11 nitrogen and oxygen atoms in total. The average molecular weight is 554 g/mol. The smallest absolute Gasteiger partial charge is 0.258 e. The van der Waals surface area contributed by atoms with Crippen molar-refractivity contribution < 1.29 is 39.1 Å². The third-order valence-corrected chi connectivity index (χ3v) is 5.70. The van der Waals surface area contributed by atoms with Gasteiger partial charge < -0.3 is 40.6 Å². The number of nitrogens with two attached hydrogens (primary N) is 1. The van der Waals surface area contributed by atoms with Crippen molar-refractivity contribution in [3.8, 4) is 23.0 Å². The van der Waals surface area contributed by atoms with Crippen LogP contribution in [0.25, 0.3) is 0 Å². The Balaban J connectivity index is 1.57. The molecule has 2 amide bonds. The van der Waals surface area contributed by atoms with Crippen LogP contribution in [0.15, 0.2) is 72.8 Å². The maximum atomic E-state index is 11.8. The molecular weight excluding hydrogens is 518 g/mol. The molecule has 0 saturated heterocycles. The Morgan fingerprint density at radius 2 is 1.65 bits per heavy atom. The highest BCUT2D eigenvalue weighted by Gasteiger charge is 2.16. The number of rotatable bonds is 17. The van der Waals surface area contributed by atoms with Gasteiger partial charge >= 0.3 is 0 Å². The van der Waals surface area contributed by atoms with Crippen LogP contribution in [0.4, 0.5) is 0 Å². The summed E-state index contributed by atoms with van der Waals surface area (Å²) in [5, 5.41) is 31.9. The standard InChI is InChI=1S/C29H35N3O8/c30-29(37)24-16-23(10-11-25(24)35)38-15-13-32(17-21-6-2-1-3-7-21)18-22(34)19-39-26-8-4-5-9-27(26)40-20-28(36)31-12-14-33/h1-11,16,22,33-35H,12-15,17-20H2,(H2,30,37)(H,31,36). The number of primary amides is 1. The average Bonchev–Trinajstić information content (AvgIpc) is 2.95. The highest BCUT2D eigenvalue weighted by atomic mass is 16.5. The van der Waals surface area contributed by atoms with Gasteiger partial charge in [0.2, 0.25) is 0 Å². The summed E-state index contributed by atoms with van der Waals surface area (Å²) in [5.41, 5.74) is 6.32. The Labute approximate surface area is 232 Å². The van der Waals surface area contributed by atoms with Crippen molar-refractivity contribution in [3.05, 3.63) is 83.9 Å². The fourth-order valence-corrected chi connectivity index (χ4v) is 3.79. The molecule has 0 aliphatic heterocycles. The van der Waals surface area contributed by atoms with Gasteiger partial charge in [-0.3, -0.25) is 14.5 Å². The molecule has 214 valence electrons. The molecule has 0 fully saturated rings. The number of carbonyl (C=O) groups is 2. The molecule has 0 aliphatic rings. The minimum atomic E-state index is -0.861. The van der Waals surface area contributed by atoms with E-state index in [1.807, 2.05) is 35.2 Å². The van der Waals surface area contributed by atoms with Crippen molar-refractivity contribution in [1.29, 1.82) is 0 Å². The Morgan fingerprint density at radius 1 is 0.950 bits per heavy atom. The van der Waals surface area contributed by atoms with Gasteiger partial charge in [0.15, 0.2) is 18.1 Å². The third-order valence-electron chi connectivity index (χ3n) is 5.70. The summed E-state index contributed by atoms with van der Waals surface area (Å²) in [6, 6.07) is 20.9. The molecule has 3 aromatic carbocycles. The molecule has 0 heterocycles. The number of aliphatic hydroxyl groups is 2. The number of phenols is 1. The van der Waals surface area contributed by atoms with E-state index in [1.54, 1.807) is 30.3 Å². The monoisotopic (exact) mass is 553 g/mol. The summed E-state index contributed by atoms with van der Waals surface area (Å²) in [5.74, 6) is -0.225. The zero-order valence-electron chi connectivity index (χ0n) is 22.1. The lowest BCUT2D eigenvalue weighted by molar-refractivity contribution is -0.123. The Kier molecular flexibility index (Phi) is 12.0. The topological polar surface area (TPSA) is 164 Å². The van der Waals surface area contributed by atoms with Crippen LogP contribution in [-0.4, -0.2) is 84.2 Å². The second-order valence-electron chi connectivity index (χ2n) is 8.89. The second kappa shape index (κ2) is 15.9. The number of hydrogen-bond donors (Lipinski definition) is 5. The van der Waals surface area contributed by atoms with Gasteiger partial charge in [-0.15, -0.1) is 0 Å². The van der Waals surface area contributed by atoms with E-state index in [2.05, 4.69) is 5.32 Å². The van der Waals surface area contributed by atoms with Crippen molar-refractivity contribution in [2.45, 2.75) is 12.6 Å². The van der Waals surface area contributed by atoms with Gasteiger partial charge in [-0.1, -0.05) is 42.5 Å². The molecule has 11 heteroatoms. The molecular formula is C29H35N3O8. The number of hydrogen-bond acceptors (Lipinski definition) is 9. The summed E-state index contributed by atoms with van der Waals surface area (Å²) in [6.07, 6.45) is -0.861. The normalized spacial score (nSPS) is 11.6. The van der Waals surface area contributed by atoms with Crippen molar-refractivity contribution in [1.82, 2.24) is 10.2 Å². The van der Waals surface area contributed by atoms with E-state index in [1.165, 1.54) is 12.1 Å². The predicted octanol–water partition coefficient (Wildman–Crippen LogP) is 1.30. The van der Waals surface area contributed by atoms with E-state index < -0.39 is 12.0 Å². The molecule has 1 unspecified atom stereocenters. The van der Waals surface area contributed by atoms with Gasteiger partial charge in [-0.05, 0) is 35.9 Å². The lowest BCUT2D eigenvalue weighted by atomic mass is 10.2. The van der Waals surface area contributed by atoms with Crippen LogP contribution in [0.3, 0.4) is 0 Å². The second-order valence-corrected chi connectivity index (χ2v) is 8.89. The lowest BCUT2D eigenvalue weighted by Crippen LogP contribution is -2.37. The van der Waals surface area contributed by atoms with Crippen molar-refractivity contribution in [3.63, 3.8) is 0 Å². The summed E-state index contributed by atoms with van der Waals surface area (Å²) in [6.45, 7) is 1.22. The number of nitrogens with zero attached hydrogens (tertiary/aromatic N) is 1. The predicted molar refractivity (Wildman–Crippen MR) is 147 cm³/mol. The molecule has 0 saturated carbocycles. The molecule has 3 rings (SSSR count). The Hall–Kier alpha value is -4.32. The van der Waals surface area contributed by atoms with E-state index in [4.69, 9.17) is 25.1 Å². The number of nitrogens with one attached hydrogen (secondary N) is 1. The molecule has 6 N–H and O–H groups in total. The number of benzene rings is 3. The van der Waals surface area contributed by atoms with E-state index in [9.17, 15) is 19.8 Å². The van der Waals surface area contributed by atoms with Gasteiger partial charge in [-0.25, -0.2) is 0 Å². The van der Waals surface area contributed by atoms with Crippen LogP contribution in [0.5, 0.6) is 23.0 Å². The molecule has 1 atom stereocenters. The fraction of sp³-hybridized carbons (Fsp3) is 0.310. The molecule has 0 bridgehead atoms. The van der Waals surface area contributed by atoms with Gasteiger partial charge in [0, 0.05) is 26.2 Å². The quantitative estimate of drug-likeness (QED) is 0.166. The molecule has 3 aromatic rings.